The maximum atomic E-state index is 5.96. The molecule has 2 aliphatic rings. The van der Waals surface area contributed by atoms with Crippen LogP contribution in [0.2, 0.25) is 0 Å². The van der Waals surface area contributed by atoms with Crippen LogP contribution >= 0.6 is 0 Å². The van der Waals surface area contributed by atoms with E-state index in [1.54, 1.807) is 0 Å². The van der Waals surface area contributed by atoms with Gasteiger partial charge in [0.15, 0.2) is 0 Å². The Morgan fingerprint density at radius 1 is 1.32 bits per heavy atom. The lowest BCUT2D eigenvalue weighted by molar-refractivity contribution is -0.0111. The normalized spacial score (nSPS) is 32.8. The van der Waals surface area contributed by atoms with E-state index >= 15 is 0 Å². The van der Waals surface area contributed by atoms with Crippen molar-refractivity contribution in [1.29, 1.82) is 0 Å². The van der Waals surface area contributed by atoms with E-state index in [9.17, 15) is 0 Å². The van der Waals surface area contributed by atoms with E-state index in [1.807, 2.05) is 0 Å². The minimum atomic E-state index is 0.488. The van der Waals surface area contributed by atoms with Gasteiger partial charge in [0.1, 0.15) is 0 Å². The van der Waals surface area contributed by atoms with Crippen molar-refractivity contribution in [3.63, 3.8) is 0 Å². The molecule has 0 saturated carbocycles. The third-order valence-corrected chi connectivity index (χ3v) is 4.69. The van der Waals surface area contributed by atoms with Gasteiger partial charge in [0.2, 0.25) is 0 Å². The number of hydrogen-bond donors (Lipinski definition) is 1. The Morgan fingerprint density at radius 3 is 2.89 bits per heavy atom. The van der Waals surface area contributed by atoms with Crippen molar-refractivity contribution < 1.29 is 4.74 Å². The number of nitrogens with zero attached hydrogens (tertiary/aromatic N) is 1. The predicted molar refractivity (Wildman–Crippen MR) is 80.5 cm³/mol. The molecule has 2 atom stereocenters. The van der Waals surface area contributed by atoms with Gasteiger partial charge in [0, 0.05) is 26.2 Å². The van der Waals surface area contributed by atoms with Gasteiger partial charge in [0.25, 0.3) is 0 Å². The second-order valence-electron chi connectivity index (χ2n) is 6.55. The first-order chi connectivity index (χ1) is 9.28. The van der Waals surface area contributed by atoms with Crippen LogP contribution in [0.1, 0.15) is 52.4 Å². The van der Waals surface area contributed by atoms with E-state index in [0.29, 0.717) is 11.5 Å². The molecule has 0 spiro atoms. The van der Waals surface area contributed by atoms with Crippen LogP contribution in [0.4, 0.5) is 0 Å². The average molecular weight is 268 g/mol. The molecule has 1 N–H and O–H groups in total. The van der Waals surface area contributed by atoms with Gasteiger partial charge in [-0.15, -0.1) is 0 Å². The molecular formula is C16H32N2O. The summed E-state index contributed by atoms with van der Waals surface area (Å²) in [5, 5.41) is 3.58. The van der Waals surface area contributed by atoms with Crippen molar-refractivity contribution in [2.45, 2.75) is 58.5 Å². The van der Waals surface area contributed by atoms with Gasteiger partial charge in [-0.2, -0.15) is 0 Å². The maximum absolute atomic E-state index is 5.96. The summed E-state index contributed by atoms with van der Waals surface area (Å²) in [7, 11) is 0. The smallest absolute Gasteiger partial charge is 0.0702 e. The Bertz CT molecular complexity index is 251. The summed E-state index contributed by atoms with van der Waals surface area (Å²) >= 11 is 0. The van der Waals surface area contributed by atoms with Gasteiger partial charge in [-0.1, -0.05) is 20.3 Å². The zero-order valence-electron chi connectivity index (χ0n) is 12.9. The molecule has 2 unspecified atom stereocenters. The highest BCUT2D eigenvalue weighted by Gasteiger charge is 2.35. The van der Waals surface area contributed by atoms with Crippen molar-refractivity contribution in [1.82, 2.24) is 10.2 Å². The fraction of sp³-hybridized carbons (Fsp3) is 1.00. The summed E-state index contributed by atoms with van der Waals surface area (Å²) in [5.74, 6) is 0. The molecule has 0 aromatic carbocycles. The van der Waals surface area contributed by atoms with E-state index in [1.165, 1.54) is 58.3 Å². The fourth-order valence-corrected chi connectivity index (χ4v) is 3.80. The minimum Gasteiger partial charge on any atom is -0.377 e. The van der Waals surface area contributed by atoms with Crippen LogP contribution in [0.15, 0.2) is 0 Å². The maximum Gasteiger partial charge on any atom is 0.0702 e. The molecule has 2 heterocycles. The van der Waals surface area contributed by atoms with Crippen LogP contribution in [0.5, 0.6) is 0 Å². The SMILES string of the molecule is CCCOC1CCCN(CC2(CCC)CCNC2)C1. The molecule has 0 radical (unpaired) electrons. The molecule has 0 bridgehead atoms. The standard InChI is InChI=1S/C16H32N2O/c1-3-7-16(8-9-17-13-16)14-18-10-5-6-15(12-18)19-11-4-2/h15,17H,3-14H2,1-2H3. The monoisotopic (exact) mass is 268 g/mol. The van der Waals surface area contributed by atoms with Crippen LogP contribution in [0, 0.1) is 5.41 Å². The Hall–Kier alpha value is -0.120. The van der Waals surface area contributed by atoms with Gasteiger partial charge < -0.3 is 15.0 Å². The molecule has 2 rings (SSSR count). The molecule has 3 nitrogen and oxygen atoms in total. The Balaban J connectivity index is 1.83. The molecule has 0 amide bonds. The third kappa shape index (κ3) is 4.44. The summed E-state index contributed by atoms with van der Waals surface area (Å²) in [6, 6.07) is 0. The quantitative estimate of drug-likeness (QED) is 0.768. The molecule has 3 heteroatoms. The number of nitrogens with one attached hydrogen (secondary N) is 1. The zero-order chi connectivity index (χ0) is 13.6. The summed E-state index contributed by atoms with van der Waals surface area (Å²) in [6.45, 7) is 11.6. The fourth-order valence-electron chi connectivity index (χ4n) is 3.80. The van der Waals surface area contributed by atoms with Gasteiger partial charge in [0.05, 0.1) is 6.10 Å². The Kier molecular flexibility index (Phi) is 6.11. The molecule has 2 saturated heterocycles. The molecule has 19 heavy (non-hydrogen) atoms. The van der Waals surface area contributed by atoms with Crippen molar-refractivity contribution in [3.05, 3.63) is 0 Å². The highest BCUT2D eigenvalue weighted by molar-refractivity contribution is 4.91. The van der Waals surface area contributed by atoms with Crippen molar-refractivity contribution in [2.24, 2.45) is 5.41 Å². The third-order valence-electron chi connectivity index (χ3n) is 4.69. The summed E-state index contributed by atoms with van der Waals surface area (Å²) < 4.78 is 5.96. The summed E-state index contributed by atoms with van der Waals surface area (Å²) in [4.78, 5) is 2.67. The first-order valence-electron chi connectivity index (χ1n) is 8.33. The average Bonchev–Trinajstić information content (AvgIpc) is 2.85. The lowest BCUT2D eigenvalue weighted by Gasteiger charge is -2.39. The second-order valence-corrected chi connectivity index (χ2v) is 6.55. The van der Waals surface area contributed by atoms with Crippen LogP contribution in [-0.2, 0) is 4.74 Å². The molecule has 0 aliphatic carbocycles. The molecule has 2 fully saturated rings. The number of likely N-dealkylation sites (tertiary alicyclic amines) is 1. The molecular weight excluding hydrogens is 236 g/mol. The Morgan fingerprint density at radius 2 is 2.21 bits per heavy atom. The first kappa shape index (κ1) is 15.3. The highest BCUT2D eigenvalue weighted by Crippen LogP contribution is 2.33. The van der Waals surface area contributed by atoms with E-state index in [-0.39, 0.29) is 0 Å². The molecule has 112 valence electrons. The molecule has 0 aromatic heterocycles. The Labute approximate surface area is 119 Å². The number of hydrogen-bond acceptors (Lipinski definition) is 3. The first-order valence-corrected chi connectivity index (χ1v) is 8.33. The van der Waals surface area contributed by atoms with Crippen molar-refractivity contribution in [3.8, 4) is 0 Å². The van der Waals surface area contributed by atoms with E-state index in [2.05, 4.69) is 24.1 Å². The van der Waals surface area contributed by atoms with Crippen LogP contribution in [-0.4, -0.2) is 50.3 Å². The van der Waals surface area contributed by atoms with Crippen molar-refractivity contribution in [2.75, 3.05) is 39.3 Å². The van der Waals surface area contributed by atoms with E-state index < -0.39 is 0 Å². The van der Waals surface area contributed by atoms with Crippen LogP contribution in [0.25, 0.3) is 0 Å². The van der Waals surface area contributed by atoms with Gasteiger partial charge in [-0.05, 0) is 50.6 Å². The largest absolute Gasteiger partial charge is 0.377 e. The number of piperidine rings is 1. The predicted octanol–water partition coefficient (Wildman–Crippen LogP) is 2.66. The van der Waals surface area contributed by atoms with Crippen LogP contribution < -0.4 is 5.32 Å². The minimum absolute atomic E-state index is 0.488. The van der Waals surface area contributed by atoms with Gasteiger partial charge in [-0.25, -0.2) is 0 Å². The number of ether oxygens (including phenoxy) is 1. The van der Waals surface area contributed by atoms with Crippen molar-refractivity contribution >= 4 is 0 Å². The summed E-state index contributed by atoms with van der Waals surface area (Å²) in [6.07, 6.45) is 8.24. The van der Waals surface area contributed by atoms with E-state index in [0.717, 1.165) is 19.6 Å². The summed E-state index contributed by atoms with van der Waals surface area (Å²) in [5.41, 5.74) is 0.543. The number of rotatable bonds is 7. The topological polar surface area (TPSA) is 24.5 Å². The lowest BCUT2D eigenvalue weighted by atomic mass is 9.81. The van der Waals surface area contributed by atoms with Gasteiger partial charge >= 0.3 is 0 Å². The molecule has 0 aromatic rings. The lowest BCUT2D eigenvalue weighted by Crippen LogP contribution is -2.46. The molecule has 2 aliphatic heterocycles. The zero-order valence-corrected chi connectivity index (χ0v) is 12.9. The van der Waals surface area contributed by atoms with Gasteiger partial charge in [-0.3, -0.25) is 0 Å². The highest BCUT2D eigenvalue weighted by atomic mass is 16.5. The second kappa shape index (κ2) is 7.61. The van der Waals surface area contributed by atoms with E-state index in [4.69, 9.17) is 4.74 Å². The van der Waals surface area contributed by atoms with Crippen LogP contribution in [0.3, 0.4) is 0 Å².